The first-order valence-corrected chi connectivity index (χ1v) is 7.18. The number of hydrogen-bond acceptors (Lipinski definition) is 3. The van der Waals surface area contributed by atoms with E-state index < -0.39 is 0 Å². The van der Waals surface area contributed by atoms with E-state index in [1.165, 1.54) is 35.6 Å². The first kappa shape index (κ1) is 13.5. The number of carbonyl (C=O) groups excluding carboxylic acids is 1. The molecule has 0 saturated heterocycles. The van der Waals surface area contributed by atoms with E-state index in [1.54, 1.807) is 5.51 Å². The number of rotatable bonds is 3. The van der Waals surface area contributed by atoms with Gasteiger partial charge in [-0.05, 0) is 29.8 Å². The largest absolute Gasteiger partial charge is 0.321 e. The topological polar surface area (TPSA) is 42.0 Å². The van der Waals surface area contributed by atoms with Crippen LogP contribution in [0, 0.1) is 5.82 Å². The fraction of sp³-hybridized carbons (Fsp3) is 0. The summed E-state index contributed by atoms with van der Waals surface area (Å²) in [5, 5.41) is 2.72. The molecule has 0 saturated carbocycles. The van der Waals surface area contributed by atoms with E-state index in [2.05, 4.69) is 10.3 Å². The molecule has 3 nitrogen and oxygen atoms in total. The molecule has 0 aliphatic heterocycles. The zero-order valence-electron chi connectivity index (χ0n) is 10.9. The minimum Gasteiger partial charge on any atom is -0.321 e. The lowest BCUT2D eigenvalue weighted by molar-refractivity contribution is 0.102. The Morgan fingerprint density at radius 1 is 1.05 bits per heavy atom. The maximum absolute atomic E-state index is 12.9. The summed E-state index contributed by atoms with van der Waals surface area (Å²) in [5.41, 5.74) is 3.50. The molecular weight excluding hydrogens is 287 g/mol. The van der Waals surface area contributed by atoms with Crippen molar-refractivity contribution in [2.75, 3.05) is 5.32 Å². The Kier molecular flexibility index (Phi) is 3.75. The van der Waals surface area contributed by atoms with Gasteiger partial charge in [-0.15, -0.1) is 11.3 Å². The van der Waals surface area contributed by atoms with Gasteiger partial charge in [-0.3, -0.25) is 4.79 Å². The molecule has 0 fully saturated rings. The first-order chi connectivity index (χ1) is 10.2. The number of amides is 1. The summed E-state index contributed by atoms with van der Waals surface area (Å²) in [5.74, 6) is -0.645. The molecular formula is C16H11FN2OS. The van der Waals surface area contributed by atoms with Gasteiger partial charge >= 0.3 is 0 Å². The van der Waals surface area contributed by atoms with Crippen LogP contribution in [-0.4, -0.2) is 10.9 Å². The molecule has 3 aromatic rings. The van der Waals surface area contributed by atoms with Gasteiger partial charge in [-0.2, -0.15) is 0 Å². The highest BCUT2D eigenvalue weighted by Crippen LogP contribution is 2.27. The zero-order valence-corrected chi connectivity index (χ0v) is 11.7. The number of carbonyl (C=O) groups is 1. The molecule has 5 heteroatoms. The summed E-state index contributed by atoms with van der Waals surface area (Å²) in [6.07, 6.45) is 0. The summed E-state index contributed by atoms with van der Waals surface area (Å²) < 4.78 is 12.9. The molecule has 2 aromatic carbocycles. The second-order valence-electron chi connectivity index (χ2n) is 4.36. The van der Waals surface area contributed by atoms with E-state index in [-0.39, 0.29) is 11.7 Å². The molecule has 1 aromatic heterocycles. The van der Waals surface area contributed by atoms with Crippen molar-refractivity contribution < 1.29 is 9.18 Å². The van der Waals surface area contributed by atoms with Crippen LogP contribution in [0.5, 0.6) is 0 Å². The molecule has 0 aliphatic carbocycles. The van der Waals surface area contributed by atoms with Crippen molar-refractivity contribution in [3.05, 3.63) is 71.6 Å². The number of hydrogen-bond donors (Lipinski definition) is 1. The van der Waals surface area contributed by atoms with Crippen LogP contribution in [0.3, 0.4) is 0 Å². The number of anilines is 1. The van der Waals surface area contributed by atoms with Gasteiger partial charge < -0.3 is 5.32 Å². The van der Waals surface area contributed by atoms with E-state index >= 15 is 0 Å². The summed E-state index contributed by atoms with van der Waals surface area (Å²) >= 11 is 1.41. The third-order valence-corrected chi connectivity index (χ3v) is 3.80. The van der Waals surface area contributed by atoms with Crippen molar-refractivity contribution in [1.29, 1.82) is 0 Å². The molecule has 0 atom stereocenters. The molecule has 0 spiro atoms. The van der Waals surface area contributed by atoms with Crippen molar-refractivity contribution in [2.45, 2.75) is 0 Å². The Balaban J connectivity index is 1.86. The standard InChI is InChI=1S/C16H11FN2OS/c17-12-6-8-13(9-7-12)19-16(20)14-15(21-10-18-14)11-4-2-1-3-5-11/h1-10H,(H,19,20). The molecule has 21 heavy (non-hydrogen) atoms. The van der Waals surface area contributed by atoms with Gasteiger partial charge in [0.25, 0.3) is 5.91 Å². The van der Waals surface area contributed by atoms with Crippen LogP contribution in [0.4, 0.5) is 10.1 Å². The first-order valence-electron chi connectivity index (χ1n) is 6.30. The summed E-state index contributed by atoms with van der Waals surface area (Å²) in [7, 11) is 0. The van der Waals surface area contributed by atoms with Crippen LogP contribution in [0.1, 0.15) is 10.5 Å². The number of benzene rings is 2. The van der Waals surface area contributed by atoms with E-state index in [0.29, 0.717) is 11.4 Å². The summed E-state index contributed by atoms with van der Waals surface area (Å²) in [4.78, 5) is 17.2. The Hall–Kier alpha value is -2.53. The SMILES string of the molecule is O=C(Nc1ccc(F)cc1)c1ncsc1-c1ccccc1. The van der Waals surface area contributed by atoms with Gasteiger partial charge in [0.2, 0.25) is 0 Å². The van der Waals surface area contributed by atoms with Gasteiger partial charge in [0.05, 0.1) is 10.4 Å². The van der Waals surface area contributed by atoms with Crippen LogP contribution in [-0.2, 0) is 0 Å². The highest BCUT2D eigenvalue weighted by Gasteiger charge is 2.16. The van der Waals surface area contributed by atoms with Gasteiger partial charge in [-0.1, -0.05) is 30.3 Å². The highest BCUT2D eigenvalue weighted by atomic mass is 32.1. The van der Waals surface area contributed by atoms with Gasteiger partial charge in [0.15, 0.2) is 0 Å². The average Bonchev–Trinajstić information content (AvgIpc) is 3.00. The third-order valence-electron chi connectivity index (χ3n) is 2.92. The Morgan fingerprint density at radius 2 is 1.76 bits per heavy atom. The lowest BCUT2D eigenvalue weighted by atomic mass is 10.1. The monoisotopic (exact) mass is 298 g/mol. The maximum atomic E-state index is 12.9. The quantitative estimate of drug-likeness (QED) is 0.787. The van der Waals surface area contributed by atoms with Crippen LogP contribution >= 0.6 is 11.3 Å². The normalized spacial score (nSPS) is 10.3. The van der Waals surface area contributed by atoms with Gasteiger partial charge in [0, 0.05) is 5.69 Å². The molecule has 1 N–H and O–H groups in total. The molecule has 0 unspecified atom stereocenters. The van der Waals surface area contributed by atoms with Gasteiger partial charge in [-0.25, -0.2) is 9.37 Å². The fourth-order valence-electron chi connectivity index (χ4n) is 1.93. The number of thiazole rings is 1. The smallest absolute Gasteiger partial charge is 0.275 e. The number of aromatic nitrogens is 1. The van der Waals surface area contributed by atoms with Crippen molar-refractivity contribution in [1.82, 2.24) is 4.98 Å². The number of nitrogens with one attached hydrogen (secondary N) is 1. The van der Waals surface area contributed by atoms with Crippen LogP contribution in [0.15, 0.2) is 60.1 Å². The molecule has 104 valence electrons. The second-order valence-corrected chi connectivity index (χ2v) is 5.21. The molecule has 3 rings (SSSR count). The molecule has 1 amide bonds. The van der Waals surface area contributed by atoms with Crippen molar-refractivity contribution in [3.8, 4) is 10.4 Å². The average molecular weight is 298 g/mol. The second kappa shape index (κ2) is 5.85. The van der Waals surface area contributed by atoms with Crippen LogP contribution in [0.25, 0.3) is 10.4 Å². The Morgan fingerprint density at radius 3 is 2.48 bits per heavy atom. The fourth-order valence-corrected chi connectivity index (χ4v) is 2.72. The number of nitrogens with zero attached hydrogens (tertiary/aromatic N) is 1. The van der Waals surface area contributed by atoms with Crippen molar-refractivity contribution in [3.63, 3.8) is 0 Å². The van der Waals surface area contributed by atoms with Crippen LogP contribution < -0.4 is 5.32 Å². The van der Waals surface area contributed by atoms with E-state index in [4.69, 9.17) is 0 Å². The lowest BCUT2D eigenvalue weighted by Gasteiger charge is -2.05. The Labute approximate surface area is 125 Å². The molecule has 0 aliphatic rings. The summed E-state index contributed by atoms with van der Waals surface area (Å²) in [6.45, 7) is 0. The highest BCUT2D eigenvalue weighted by molar-refractivity contribution is 7.13. The van der Waals surface area contributed by atoms with Crippen LogP contribution in [0.2, 0.25) is 0 Å². The molecule has 0 bridgehead atoms. The van der Waals surface area contributed by atoms with Crippen molar-refractivity contribution >= 4 is 22.9 Å². The minimum atomic E-state index is -0.341. The minimum absolute atomic E-state index is 0.304. The predicted molar refractivity (Wildman–Crippen MR) is 81.9 cm³/mol. The summed E-state index contributed by atoms with van der Waals surface area (Å²) in [6, 6.07) is 15.2. The third kappa shape index (κ3) is 2.98. The molecule has 1 heterocycles. The molecule has 0 radical (unpaired) electrons. The lowest BCUT2D eigenvalue weighted by Crippen LogP contribution is -2.13. The van der Waals surface area contributed by atoms with E-state index in [9.17, 15) is 9.18 Å². The van der Waals surface area contributed by atoms with E-state index in [1.807, 2.05) is 30.3 Å². The van der Waals surface area contributed by atoms with Crippen molar-refractivity contribution in [2.24, 2.45) is 0 Å². The van der Waals surface area contributed by atoms with E-state index in [0.717, 1.165) is 10.4 Å². The zero-order chi connectivity index (χ0) is 14.7. The predicted octanol–water partition coefficient (Wildman–Crippen LogP) is 4.20. The number of halogens is 1. The van der Waals surface area contributed by atoms with Gasteiger partial charge in [0.1, 0.15) is 11.5 Å². The Bertz CT molecular complexity index is 753. The maximum Gasteiger partial charge on any atom is 0.275 e.